The molecule has 1 aromatic rings. The van der Waals surface area contributed by atoms with Gasteiger partial charge in [0, 0.05) is 0 Å². The van der Waals surface area contributed by atoms with Crippen LogP contribution in [0.3, 0.4) is 0 Å². The van der Waals surface area contributed by atoms with Crippen molar-refractivity contribution in [3.05, 3.63) is 23.7 Å². The van der Waals surface area contributed by atoms with Crippen molar-refractivity contribution in [1.29, 1.82) is 0 Å². The highest BCUT2D eigenvalue weighted by Gasteiger charge is 2.11. The van der Waals surface area contributed by atoms with Crippen LogP contribution in [0, 0.1) is 6.92 Å². The van der Waals surface area contributed by atoms with Crippen molar-refractivity contribution < 1.29 is 4.42 Å². The lowest BCUT2D eigenvalue weighted by Crippen LogP contribution is -2.21. The van der Waals surface area contributed by atoms with Gasteiger partial charge in [-0.05, 0) is 33.8 Å². The quantitative estimate of drug-likeness (QED) is 0.531. The number of aryl methyl sites for hydroxylation is 1. The zero-order valence-electron chi connectivity index (χ0n) is 8.59. The van der Waals surface area contributed by atoms with E-state index in [9.17, 15) is 0 Å². The molecule has 1 aromatic heterocycles. The third kappa shape index (κ3) is 2.61. The molecule has 0 saturated heterocycles. The van der Waals surface area contributed by atoms with Gasteiger partial charge in [-0.1, -0.05) is 0 Å². The minimum atomic E-state index is -0.145. The Hall–Kier alpha value is -1.25. The largest absolute Gasteiger partial charge is 0.469 e. The van der Waals surface area contributed by atoms with Crippen LogP contribution in [0.4, 0.5) is 0 Å². The molecule has 1 rings (SSSR count). The molecule has 0 aliphatic rings. The van der Waals surface area contributed by atoms with Gasteiger partial charge in [0.1, 0.15) is 11.6 Å². The van der Waals surface area contributed by atoms with Gasteiger partial charge in [-0.3, -0.25) is 4.99 Å². The molecule has 3 heteroatoms. The van der Waals surface area contributed by atoms with Gasteiger partial charge in [-0.15, -0.1) is 0 Å². The van der Waals surface area contributed by atoms with Crippen LogP contribution in [0.5, 0.6) is 0 Å². The Bertz CT molecular complexity index is 318. The second kappa shape index (κ2) is 3.24. The van der Waals surface area contributed by atoms with Crippen molar-refractivity contribution in [3.63, 3.8) is 0 Å². The molecule has 0 saturated carbocycles. The summed E-state index contributed by atoms with van der Waals surface area (Å²) in [4.78, 5) is 4.35. The lowest BCUT2D eigenvalue weighted by atomic mass is 10.1. The first-order valence-corrected chi connectivity index (χ1v) is 4.30. The van der Waals surface area contributed by atoms with E-state index >= 15 is 0 Å². The van der Waals surface area contributed by atoms with Crippen molar-refractivity contribution in [2.24, 2.45) is 10.7 Å². The summed E-state index contributed by atoms with van der Waals surface area (Å²) in [5.74, 6) is 1.35. The molecule has 1 heterocycles. The summed E-state index contributed by atoms with van der Waals surface area (Å²) in [5.41, 5.74) is 6.56. The van der Waals surface area contributed by atoms with Crippen LogP contribution in [-0.4, -0.2) is 11.4 Å². The summed E-state index contributed by atoms with van der Waals surface area (Å²) < 4.78 is 5.14. The van der Waals surface area contributed by atoms with Crippen LogP contribution in [0.25, 0.3) is 0 Å². The van der Waals surface area contributed by atoms with E-state index in [0.29, 0.717) is 5.84 Å². The van der Waals surface area contributed by atoms with Crippen LogP contribution in [0.2, 0.25) is 0 Å². The third-order valence-corrected chi connectivity index (χ3v) is 1.59. The molecule has 3 nitrogen and oxygen atoms in total. The summed E-state index contributed by atoms with van der Waals surface area (Å²) in [6.45, 7) is 7.90. The number of nitrogens with two attached hydrogens (primary N) is 1. The van der Waals surface area contributed by atoms with Gasteiger partial charge in [0.25, 0.3) is 0 Å². The minimum Gasteiger partial charge on any atom is -0.469 e. The van der Waals surface area contributed by atoms with E-state index in [4.69, 9.17) is 10.2 Å². The highest BCUT2D eigenvalue weighted by molar-refractivity contribution is 5.98. The number of rotatable bonds is 1. The zero-order chi connectivity index (χ0) is 10.1. The predicted octanol–water partition coefficient (Wildman–Crippen LogP) is 2.09. The van der Waals surface area contributed by atoms with E-state index in [1.54, 1.807) is 6.26 Å². The van der Waals surface area contributed by atoms with Crippen molar-refractivity contribution in [2.45, 2.75) is 33.2 Å². The summed E-state index contributed by atoms with van der Waals surface area (Å²) in [6.07, 6.45) is 1.62. The molecule has 0 amide bonds. The summed E-state index contributed by atoms with van der Waals surface area (Å²) >= 11 is 0. The van der Waals surface area contributed by atoms with Gasteiger partial charge < -0.3 is 10.2 Å². The number of nitrogens with zero attached hydrogens (tertiary/aromatic N) is 1. The molecule has 0 unspecified atom stereocenters. The number of hydrogen-bond acceptors (Lipinski definition) is 2. The maximum absolute atomic E-state index is 5.82. The molecular weight excluding hydrogens is 164 g/mol. The zero-order valence-corrected chi connectivity index (χ0v) is 8.59. The Kier molecular flexibility index (Phi) is 2.45. The lowest BCUT2D eigenvalue weighted by Gasteiger charge is -2.13. The van der Waals surface area contributed by atoms with E-state index in [2.05, 4.69) is 4.99 Å². The molecule has 0 atom stereocenters. The smallest absolute Gasteiger partial charge is 0.129 e. The van der Waals surface area contributed by atoms with Crippen LogP contribution in [0.15, 0.2) is 21.7 Å². The Morgan fingerprint density at radius 1 is 1.46 bits per heavy atom. The van der Waals surface area contributed by atoms with E-state index in [1.165, 1.54) is 0 Å². The molecule has 0 bridgehead atoms. The predicted molar refractivity (Wildman–Crippen MR) is 53.9 cm³/mol. The van der Waals surface area contributed by atoms with Gasteiger partial charge >= 0.3 is 0 Å². The molecule has 13 heavy (non-hydrogen) atoms. The Morgan fingerprint density at radius 2 is 2.08 bits per heavy atom. The maximum Gasteiger partial charge on any atom is 0.129 e. The van der Waals surface area contributed by atoms with Crippen LogP contribution >= 0.6 is 0 Å². The fraction of sp³-hybridized carbons (Fsp3) is 0.500. The van der Waals surface area contributed by atoms with Crippen molar-refractivity contribution in [1.82, 2.24) is 0 Å². The Balaban J connectivity index is 2.98. The average molecular weight is 180 g/mol. The second-order valence-electron chi connectivity index (χ2n) is 4.06. The monoisotopic (exact) mass is 180 g/mol. The SMILES string of the molecule is Cc1occc1C(N)=NC(C)(C)C. The first-order valence-electron chi connectivity index (χ1n) is 4.30. The van der Waals surface area contributed by atoms with Crippen LogP contribution < -0.4 is 5.73 Å². The average Bonchev–Trinajstić information content (AvgIpc) is 2.30. The van der Waals surface area contributed by atoms with Gasteiger partial charge in [-0.25, -0.2) is 0 Å². The van der Waals surface area contributed by atoms with Gasteiger partial charge in [-0.2, -0.15) is 0 Å². The highest BCUT2D eigenvalue weighted by Crippen LogP contribution is 2.12. The topological polar surface area (TPSA) is 51.5 Å². The minimum absolute atomic E-state index is 0.145. The summed E-state index contributed by atoms with van der Waals surface area (Å²) in [5, 5.41) is 0. The Labute approximate surface area is 78.7 Å². The Morgan fingerprint density at radius 3 is 2.46 bits per heavy atom. The fourth-order valence-corrected chi connectivity index (χ4v) is 1.07. The molecule has 0 radical (unpaired) electrons. The van der Waals surface area contributed by atoms with Crippen LogP contribution in [-0.2, 0) is 0 Å². The normalized spacial score (nSPS) is 13.4. The molecular formula is C10H16N2O. The first kappa shape index (κ1) is 9.84. The van der Waals surface area contributed by atoms with Crippen molar-refractivity contribution in [3.8, 4) is 0 Å². The number of aliphatic imine (C=N–C) groups is 1. The van der Waals surface area contributed by atoms with Crippen molar-refractivity contribution in [2.75, 3.05) is 0 Å². The van der Waals surface area contributed by atoms with E-state index < -0.39 is 0 Å². The number of hydrogen-bond donors (Lipinski definition) is 1. The summed E-state index contributed by atoms with van der Waals surface area (Å²) in [6, 6.07) is 1.83. The molecule has 2 N–H and O–H groups in total. The molecule has 0 aromatic carbocycles. The first-order chi connectivity index (χ1) is 5.90. The second-order valence-corrected chi connectivity index (χ2v) is 4.06. The number of furan rings is 1. The fourth-order valence-electron chi connectivity index (χ4n) is 1.07. The van der Waals surface area contributed by atoms with Gasteiger partial charge in [0.2, 0.25) is 0 Å². The molecule has 0 aliphatic heterocycles. The van der Waals surface area contributed by atoms with Crippen LogP contribution in [0.1, 0.15) is 32.1 Å². The standard InChI is InChI=1S/C10H16N2O/c1-7-8(5-6-13-7)9(11)12-10(2,3)4/h5-6H,1-4H3,(H2,11,12). The van der Waals surface area contributed by atoms with E-state index in [0.717, 1.165) is 11.3 Å². The van der Waals surface area contributed by atoms with Gasteiger partial charge in [0.15, 0.2) is 0 Å². The lowest BCUT2D eigenvalue weighted by molar-refractivity contribution is 0.533. The highest BCUT2D eigenvalue weighted by atomic mass is 16.3. The van der Waals surface area contributed by atoms with E-state index in [1.807, 2.05) is 33.8 Å². The number of amidine groups is 1. The molecule has 72 valence electrons. The third-order valence-electron chi connectivity index (χ3n) is 1.59. The van der Waals surface area contributed by atoms with Gasteiger partial charge in [0.05, 0.1) is 17.4 Å². The molecule has 0 spiro atoms. The summed E-state index contributed by atoms with van der Waals surface area (Å²) in [7, 11) is 0. The molecule has 0 fully saturated rings. The van der Waals surface area contributed by atoms with Crippen molar-refractivity contribution >= 4 is 5.84 Å². The van der Waals surface area contributed by atoms with E-state index in [-0.39, 0.29) is 5.54 Å². The maximum atomic E-state index is 5.82. The molecule has 0 aliphatic carbocycles.